The predicted molar refractivity (Wildman–Crippen MR) is 224 cm³/mol. The molecule has 4 aromatic carbocycles. The summed E-state index contributed by atoms with van der Waals surface area (Å²) in [6.45, 7) is 34.5. The van der Waals surface area contributed by atoms with Gasteiger partial charge in [0.1, 0.15) is 0 Å². The van der Waals surface area contributed by atoms with Crippen molar-refractivity contribution in [3.8, 4) is 44.8 Å². The van der Waals surface area contributed by atoms with Crippen LogP contribution < -0.4 is 5.73 Å². The largest absolute Gasteiger partial charge is 0.398 e. The van der Waals surface area contributed by atoms with E-state index in [-0.39, 0.29) is 27.1 Å². The number of benzene rings is 4. The molecule has 0 atom stereocenters. The summed E-state index contributed by atoms with van der Waals surface area (Å²) in [6.07, 6.45) is 0. The van der Waals surface area contributed by atoms with Crippen LogP contribution in [0.2, 0.25) is 0 Å². The summed E-state index contributed by atoms with van der Waals surface area (Å²) < 4.78 is 0. The van der Waals surface area contributed by atoms with E-state index in [0.29, 0.717) is 0 Å². The lowest BCUT2D eigenvalue weighted by molar-refractivity contribution is 0.531. The molecule has 0 bridgehead atoms. The summed E-state index contributed by atoms with van der Waals surface area (Å²) in [5, 5.41) is 0. The first-order valence-corrected chi connectivity index (χ1v) is 18.7. The SMILES string of the molecule is CC(C)(C)c1ccc(-c2ccc(-c3cc(-c4cccc(C(C)(C)C)c4C(C)(C)C)nc(-c4cccc(C(C)(C)C)c4C(C)(C)C)c3)c(N)c2)cc1. The molecule has 1 aromatic heterocycles. The molecule has 0 aliphatic heterocycles. The Hall–Kier alpha value is -4.17. The minimum atomic E-state index is -0.0943. The van der Waals surface area contributed by atoms with E-state index in [9.17, 15) is 0 Å². The zero-order valence-corrected chi connectivity index (χ0v) is 34.2. The Kier molecular flexibility index (Phi) is 9.78. The third-order valence-electron chi connectivity index (χ3n) is 10.1. The van der Waals surface area contributed by atoms with Crippen molar-refractivity contribution < 1.29 is 0 Å². The molecule has 0 fully saturated rings. The number of hydrogen-bond donors (Lipinski definition) is 1. The van der Waals surface area contributed by atoms with Crippen molar-refractivity contribution in [2.75, 3.05) is 5.73 Å². The van der Waals surface area contributed by atoms with Crippen molar-refractivity contribution in [1.29, 1.82) is 0 Å². The van der Waals surface area contributed by atoms with Crippen LogP contribution in [0.4, 0.5) is 5.69 Å². The first-order valence-electron chi connectivity index (χ1n) is 18.7. The predicted octanol–water partition coefficient (Wildman–Crippen LogP) is 13.8. The summed E-state index contributed by atoms with van der Waals surface area (Å²) in [6, 6.07) is 33.5. The number of hydrogen-bond acceptors (Lipinski definition) is 2. The van der Waals surface area contributed by atoms with E-state index in [4.69, 9.17) is 10.7 Å². The lowest BCUT2D eigenvalue weighted by atomic mass is 9.72. The van der Waals surface area contributed by atoms with Gasteiger partial charge in [-0.15, -0.1) is 0 Å². The number of nitrogens with two attached hydrogens (primary N) is 1. The number of rotatable bonds is 4. The van der Waals surface area contributed by atoms with Gasteiger partial charge >= 0.3 is 0 Å². The molecule has 2 heteroatoms. The number of nitrogen functional groups attached to an aromatic ring is 1. The van der Waals surface area contributed by atoms with Crippen LogP contribution in [0, 0.1) is 0 Å². The van der Waals surface area contributed by atoms with Crippen molar-refractivity contribution >= 4 is 5.69 Å². The first kappa shape index (κ1) is 38.1. The Morgan fingerprint density at radius 1 is 0.392 bits per heavy atom. The van der Waals surface area contributed by atoms with E-state index < -0.39 is 0 Å². The molecule has 268 valence electrons. The molecular weight excluding hydrogens is 617 g/mol. The van der Waals surface area contributed by atoms with E-state index in [2.05, 4.69) is 195 Å². The molecule has 51 heavy (non-hydrogen) atoms. The molecule has 0 aliphatic carbocycles. The van der Waals surface area contributed by atoms with E-state index in [0.717, 1.165) is 33.8 Å². The highest BCUT2D eigenvalue weighted by molar-refractivity contribution is 5.86. The van der Waals surface area contributed by atoms with Crippen LogP contribution in [-0.4, -0.2) is 4.98 Å². The summed E-state index contributed by atoms with van der Waals surface area (Å²) in [5.41, 5.74) is 23.0. The number of aromatic nitrogens is 1. The second kappa shape index (κ2) is 13.1. The van der Waals surface area contributed by atoms with Crippen molar-refractivity contribution in [3.63, 3.8) is 0 Å². The van der Waals surface area contributed by atoms with E-state index in [1.807, 2.05) is 0 Å². The lowest BCUT2D eigenvalue weighted by Crippen LogP contribution is -2.23. The monoisotopic (exact) mass is 678 g/mol. The number of nitrogens with zero attached hydrogens (tertiary/aromatic N) is 1. The van der Waals surface area contributed by atoms with Crippen LogP contribution in [0.5, 0.6) is 0 Å². The average Bonchev–Trinajstić information content (AvgIpc) is 3.01. The fraction of sp³-hybridized carbons (Fsp3) is 0.408. The second-order valence-corrected chi connectivity index (χ2v) is 19.7. The zero-order chi connectivity index (χ0) is 37.9. The van der Waals surface area contributed by atoms with Crippen LogP contribution in [0.25, 0.3) is 44.8 Å². The molecular formula is C49H62N2. The molecule has 0 aliphatic rings. The highest BCUT2D eigenvalue weighted by Gasteiger charge is 2.31. The highest BCUT2D eigenvalue weighted by atomic mass is 14.7. The van der Waals surface area contributed by atoms with Gasteiger partial charge in [0, 0.05) is 22.4 Å². The zero-order valence-electron chi connectivity index (χ0n) is 34.2. The van der Waals surface area contributed by atoms with E-state index in [1.165, 1.54) is 44.5 Å². The minimum absolute atomic E-state index is 0.0230. The van der Waals surface area contributed by atoms with Crippen molar-refractivity contribution in [1.82, 2.24) is 4.98 Å². The van der Waals surface area contributed by atoms with Gasteiger partial charge in [-0.2, -0.15) is 0 Å². The maximum atomic E-state index is 7.01. The Labute approximate surface area is 310 Å². The summed E-state index contributed by atoms with van der Waals surface area (Å²) in [5.74, 6) is 0. The Morgan fingerprint density at radius 2 is 0.824 bits per heavy atom. The topological polar surface area (TPSA) is 38.9 Å². The smallest absolute Gasteiger partial charge is 0.0718 e. The van der Waals surface area contributed by atoms with Gasteiger partial charge in [-0.3, -0.25) is 0 Å². The maximum Gasteiger partial charge on any atom is 0.0718 e. The number of anilines is 1. The van der Waals surface area contributed by atoms with Gasteiger partial charge in [0.15, 0.2) is 0 Å². The van der Waals surface area contributed by atoms with Gasteiger partial charge < -0.3 is 5.73 Å². The fourth-order valence-electron chi connectivity index (χ4n) is 7.53. The molecule has 5 rings (SSSR count). The quantitative estimate of drug-likeness (QED) is 0.192. The van der Waals surface area contributed by atoms with Gasteiger partial charge in [0.05, 0.1) is 11.4 Å². The minimum Gasteiger partial charge on any atom is -0.398 e. The third kappa shape index (κ3) is 8.01. The summed E-state index contributed by atoms with van der Waals surface area (Å²) >= 11 is 0. The average molecular weight is 679 g/mol. The van der Waals surface area contributed by atoms with E-state index >= 15 is 0 Å². The molecule has 5 aromatic rings. The summed E-state index contributed by atoms with van der Waals surface area (Å²) in [4.78, 5) is 5.58. The molecule has 2 N–H and O–H groups in total. The molecule has 0 unspecified atom stereocenters. The maximum absolute atomic E-state index is 7.01. The third-order valence-corrected chi connectivity index (χ3v) is 10.1. The molecule has 0 saturated carbocycles. The van der Waals surface area contributed by atoms with Gasteiger partial charge in [-0.1, -0.05) is 177 Å². The molecule has 0 spiro atoms. The number of pyridine rings is 1. The van der Waals surface area contributed by atoms with Crippen LogP contribution >= 0.6 is 0 Å². The fourth-order valence-corrected chi connectivity index (χ4v) is 7.53. The molecule has 2 nitrogen and oxygen atoms in total. The molecule has 1 heterocycles. The molecule has 0 radical (unpaired) electrons. The van der Waals surface area contributed by atoms with E-state index in [1.54, 1.807) is 0 Å². The molecule has 0 amide bonds. The van der Waals surface area contributed by atoms with Crippen molar-refractivity contribution in [2.24, 2.45) is 0 Å². The Bertz CT molecular complexity index is 1950. The van der Waals surface area contributed by atoms with Gasteiger partial charge in [-0.05, 0) is 89.8 Å². The van der Waals surface area contributed by atoms with Crippen LogP contribution in [0.1, 0.15) is 132 Å². The Balaban J connectivity index is 1.81. The normalized spacial score (nSPS) is 13.1. The first-order chi connectivity index (χ1) is 23.4. The lowest BCUT2D eigenvalue weighted by Gasteiger charge is -2.33. The van der Waals surface area contributed by atoms with Gasteiger partial charge in [0.2, 0.25) is 0 Å². The van der Waals surface area contributed by atoms with Crippen LogP contribution in [-0.2, 0) is 27.1 Å². The van der Waals surface area contributed by atoms with Crippen LogP contribution in [0.3, 0.4) is 0 Å². The highest BCUT2D eigenvalue weighted by Crippen LogP contribution is 2.45. The molecule has 0 saturated heterocycles. The Morgan fingerprint density at radius 3 is 1.20 bits per heavy atom. The summed E-state index contributed by atoms with van der Waals surface area (Å²) in [7, 11) is 0. The van der Waals surface area contributed by atoms with Gasteiger partial charge in [-0.25, -0.2) is 4.98 Å². The van der Waals surface area contributed by atoms with Crippen molar-refractivity contribution in [3.05, 3.63) is 119 Å². The second-order valence-electron chi connectivity index (χ2n) is 19.7. The standard InChI is InChI=1S/C49H62N2/c1-45(2,3)34-25-22-31(23-26-34)32-24-27-35(40(50)28-32)33-29-41(36-18-16-20-38(46(4,5)6)43(36)48(10,11)12)51-42(30-33)37-19-17-21-39(47(7,8)9)44(37)49(13,14)15/h16-30H,50H2,1-15H3. The van der Waals surface area contributed by atoms with Crippen molar-refractivity contribution in [2.45, 2.75) is 131 Å². The van der Waals surface area contributed by atoms with Crippen LogP contribution in [0.15, 0.2) is 91.0 Å². The van der Waals surface area contributed by atoms with Gasteiger partial charge in [0.25, 0.3) is 0 Å².